The molecule has 1 aromatic heterocycles. The summed E-state index contributed by atoms with van der Waals surface area (Å²) in [6, 6.07) is 19.6. The summed E-state index contributed by atoms with van der Waals surface area (Å²) in [6.45, 7) is 2.13. The molecule has 0 saturated heterocycles. The third kappa shape index (κ3) is 3.40. The highest BCUT2D eigenvalue weighted by Gasteiger charge is 2.11. The minimum Gasteiger partial charge on any atom is -0.388 e. The average Bonchev–Trinajstić information content (AvgIpc) is 2.93. The quantitative estimate of drug-likeness (QED) is 0.732. The van der Waals surface area contributed by atoms with Crippen molar-refractivity contribution in [2.75, 3.05) is 33.0 Å². The molecule has 23 heavy (non-hydrogen) atoms. The zero-order valence-electron chi connectivity index (χ0n) is 14.2. The molecule has 0 aliphatic rings. The number of nitrogens with one attached hydrogen (secondary N) is 1. The number of nitrogens with zero attached hydrogens (tertiary/aromatic N) is 2. The molecule has 1 N–H and O–H groups in total. The first kappa shape index (κ1) is 15.6. The molecule has 0 spiro atoms. The van der Waals surface area contributed by atoms with Crippen molar-refractivity contribution in [3.8, 4) is 11.3 Å². The standard InChI is InChI=1S/C20H25N3/c1-21-18-10-11-19-17(14-18)15-20(16-8-5-4-6-9-16)23(19)13-7-12-22(2)3/h4-6,8-11,14-15,21H,7,12-13H2,1-3H3. The van der Waals surface area contributed by atoms with Crippen molar-refractivity contribution in [3.05, 3.63) is 54.6 Å². The topological polar surface area (TPSA) is 20.2 Å². The van der Waals surface area contributed by atoms with Crippen LogP contribution in [0.1, 0.15) is 6.42 Å². The van der Waals surface area contributed by atoms with Gasteiger partial charge in [0.1, 0.15) is 0 Å². The van der Waals surface area contributed by atoms with Crippen LogP contribution in [-0.4, -0.2) is 37.2 Å². The number of aryl methyl sites for hydroxylation is 1. The molecule has 0 aliphatic heterocycles. The Morgan fingerprint density at radius 3 is 2.48 bits per heavy atom. The van der Waals surface area contributed by atoms with Crippen LogP contribution in [0.4, 0.5) is 5.69 Å². The minimum absolute atomic E-state index is 1.03. The van der Waals surface area contributed by atoms with Crippen LogP contribution in [0.15, 0.2) is 54.6 Å². The van der Waals surface area contributed by atoms with E-state index in [0.29, 0.717) is 0 Å². The van der Waals surface area contributed by atoms with E-state index in [9.17, 15) is 0 Å². The van der Waals surface area contributed by atoms with Crippen molar-refractivity contribution < 1.29 is 0 Å². The van der Waals surface area contributed by atoms with E-state index in [1.807, 2.05) is 7.05 Å². The van der Waals surface area contributed by atoms with Crippen molar-refractivity contribution in [3.63, 3.8) is 0 Å². The van der Waals surface area contributed by atoms with Gasteiger partial charge in [-0.2, -0.15) is 0 Å². The Labute approximate surface area is 138 Å². The molecule has 3 nitrogen and oxygen atoms in total. The predicted molar refractivity (Wildman–Crippen MR) is 100 cm³/mol. The minimum atomic E-state index is 1.03. The lowest BCUT2D eigenvalue weighted by atomic mass is 10.1. The molecule has 3 heteroatoms. The second-order valence-corrected chi connectivity index (χ2v) is 6.23. The van der Waals surface area contributed by atoms with Gasteiger partial charge in [0.25, 0.3) is 0 Å². The number of rotatable bonds is 6. The summed E-state index contributed by atoms with van der Waals surface area (Å²) >= 11 is 0. The summed E-state index contributed by atoms with van der Waals surface area (Å²) in [5.74, 6) is 0. The molecular formula is C20H25N3. The number of hydrogen-bond donors (Lipinski definition) is 1. The van der Waals surface area contributed by atoms with E-state index < -0.39 is 0 Å². The normalized spacial score (nSPS) is 11.3. The van der Waals surface area contributed by atoms with E-state index >= 15 is 0 Å². The maximum Gasteiger partial charge on any atom is 0.0491 e. The van der Waals surface area contributed by atoms with Gasteiger partial charge < -0.3 is 14.8 Å². The summed E-state index contributed by atoms with van der Waals surface area (Å²) in [5.41, 5.74) is 5.04. The molecule has 0 saturated carbocycles. The molecule has 0 fully saturated rings. The fourth-order valence-corrected chi connectivity index (χ4v) is 3.06. The largest absolute Gasteiger partial charge is 0.388 e. The van der Waals surface area contributed by atoms with Gasteiger partial charge in [-0.25, -0.2) is 0 Å². The van der Waals surface area contributed by atoms with Gasteiger partial charge in [-0.15, -0.1) is 0 Å². The second kappa shape index (κ2) is 6.88. The number of fused-ring (bicyclic) bond motifs is 1. The average molecular weight is 307 g/mol. The van der Waals surface area contributed by atoms with E-state index in [1.165, 1.54) is 22.2 Å². The summed E-state index contributed by atoms with van der Waals surface area (Å²) in [5, 5.41) is 4.52. The fraction of sp³-hybridized carbons (Fsp3) is 0.300. The third-order valence-electron chi connectivity index (χ3n) is 4.25. The van der Waals surface area contributed by atoms with Crippen molar-refractivity contribution >= 4 is 16.6 Å². The molecule has 0 atom stereocenters. The highest BCUT2D eigenvalue weighted by Crippen LogP contribution is 2.30. The molecule has 0 bridgehead atoms. The van der Waals surface area contributed by atoms with E-state index in [-0.39, 0.29) is 0 Å². The zero-order valence-corrected chi connectivity index (χ0v) is 14.2. The van der Waals surface area contributed by atoms with Gasteiger partial charge in [-0.05, 0) is 56.9 Å². The summed E-state index contributed by atoms with van der Waals surface area (Å²) < 4.78 is 2.45. The van der Waals surface area contributed by atoms with Crippen molar-refractivity contribution in [2.24, 2.45) is 0 Å². The first-order valence-electron chi connectivity index (χ1n) is 8.20. The zero-order chi connectivity index (χ0) is 16.2. The number of benzene rings is 2. The summed E-state index contributed by atoms with van der Waals surface area (Å²) in [7, 11) is 6.23. The second-order valence-electron chi connectivity index (χ2n) is 6.23. The van der Waals surface area contributed by atoms with Gasteiger partial charge in [0, 0.05) is 35.9 Å². The monoisotopic (exact) mass is 307 g/mol. The summed E-state index contributed by atoms with van der Waals surface area (Å²) in [6.07, 6.45) is 1.14. The van der Waals surface area contributed by atoms with Crippen molar-refractivity contribution in [1.82, 2.24) is 9.47 Å². The van der Waals surface area contributed by atoms with Gasteiger partial charge in [-0.3, -0.25) is 0 Å². The molecule has 3 aromatic rings. The van der Waals surface area contributed by atoms with E-state index in [0.717, 1.165) is 25.2 Å². The van der Waals surface area contributed by atoms with E-state index in [4.69, 9.17) is 0 Å². The molecule has 2 aromatic carbocycles. The van der Waals surface area contributed by atoms with E-state index in [1.54, 1.807) is 0 Å². The van der Waals surface area contributed by atoms with Crippen LogP contribution >= 0.6 is 0 Å². The van der Waals surface area contributed by atoms with Crippen LogP contribution in [0.3, 0.4) is 0 Å². The number of hydrogen-bond acceptors (Lipinski definition) is 2. The Hall–Kier alpha value is -2.26. The molecule has 3 rings (SSSR count). The number of anilines is 1. The fourth-order valence-electron chi connectivity index (χ4n) is 3.06. The Morgan fingerprint density at radius 2 is 1.78 bits per heavy atom. The smallest absolute Gasteiger partial charge is 0.0491 e. The summed E-state index contributed by atoms with van der Waals surface area (Å²) in [4.78, 5) is 2.24. The van der Waals surface area contributed by atoms with Crippen LogP contribution in [0, 0.1) is 0 Å². The lowest BCUT2D eigenvalue weighted by Gasteiger charge is -2.14. The maximum atomic E-state index is 3.23. The first-order chi connectivity index (χ1) is 11.2. The van der Waals surface area contributed by atoms with Crippen molar-refractivity contribution in [1.29, 1.82) is 0 Å². The highest BCUT2D eigenvalue weighted by atomic mass is 15.1. The maximum absolute atomic E-state index is 3.23. The molecular weight excluding hydrogens is 282 g/mol. The Morgan fingerprint density at radius 1 is 1.00 bits per heavy atom. The van der Waals surface area contributed by atoms with Crippen LogP contribution in [0.25, 0.3) is 22.2 Å². The molecule has 0 aliphatic carbocycles. The molecule has 0 unspecified atom stereocenters. The van der Waals surface area contributed by atoms with Gasteiger partial charge in [0.15, 0.2) is 0 Å². The third-order valence-corrected chi connectivity index (χ3v) is 4.25. The van der Waals surface area contributed by atoms with E-state index in [2.05, 4.69) is 83.5 Å². The molecule has 120 valence electrons. The van der Waals surface area contributed by atoms with Crippen LogP contribution in [-0.2, 0) is 6.54 Å². The Bertz CT molecular complexity index is 772. The van der Waals surface area contributed by atoms with Crippen LogP contribution < -0.4 is 5.32 Å². The molecule has 0 radical (unpaired) electrons. The SMILES string of the molecule is CNc1ccc2c(c1)cc(-c1ccccc1)n2CCCN(C)C. The van der Waals surface area contributed by atoms with Gasteiger partial charge in [0.2, 0.25) is 0 Å². The lowest BCUT2D eigenvalue weighted by Crippen LogP contribution is -2.15. The van der Waals surface area contributed by atoms with Crippen molar-refractivity contribution in [2.45, 2.75) is 13.0 Å². The predicted octanol–water partition coefficient (Wildman–Crippen LogP) is 4.30. The van der Waals surface area contributed by atoms with Gasteiger partial charge >= 0.3 is 0 Å². The van der Waals surface area contributed by atoms with Gasteiger partial charge in [-0.1, -0.05) is 30.3 Å². The highest BCUT2D eigenvalue weighted by molar-refractivity contribution is 5.89. The van der Waals surface area contributed by atoms with Crippen LogP contribution in [0.2, 0.25) is 0 Å². The first-order valence-corrected chi connectivity index (χ1v) is 8.20. The van der Waals surface area contributed by atoms with Crippen LogP contribution in [0.5, 0.6) is 0 Å². The lowest BCUT2D eigenvalue weighted by molar-refractivity contribution is 0.388. The molecule has 1 heterocycles. The molecule has 0 amide bonds. The Kier molecular flexibility index (Phi) is 4.68. The van der Waals surface area contributed by atoms with Gasteiger partial charge in [0.05, 0.1) is 0 Å². The Balaban J connectivity index is 2.05. The number of aromatic nitrogens is 1.